The molecule has 3 nitrogen and oxygen atoms in total. The van der Waals surface area contributed by atoms with Crippen LogP contribution in [0.5, 0.6) is 0 Å². The van der Waals surface area contributed by atoms with Gasteiger partial charge in [-0.25, -0.2) is 0 Å². The largest absolute Gasteiger partial charge is 1.00 e. The van der Waals surface area contributed by atoms with Gasteiger partial charge in [0.05, 0.1) is 0 Å². The molecular weight excluding hydrogens is 195 g/mol. The molecule has 0 heterocycles. The molecular formula is C12H19LiN2O. The van der Waals surface area contributed by atoms with Crippen LogP contribution in [0.25, 0.3) is 0 Å². The van der Waals surface area contributed by atoms with Crippen molar-refractivity contribution in [1.29, 1.82) is 0 Å². The molecule has 1 N–H and O–H groups in total. The Morgan fingerprint density at radius 1 is 1.25 bits per heavy atom. The number of aliphatic hydroxyl groups is 1. The van der Waals surface area contributed by atoms with E-state index in [2.05, 4.69) is 11.0 Å². The van der Waals surface area contributed by atoms with Crippen molar-refractivity contribution in [2.45, 2.75) is 6.23 Å². The Morgan fingerprint density at radius 3 is 2.44 bits per heavy atom. The maximum atomic E-state index is 9.98. The van der Waals surface area contributed by atoms with Crippen LogP contribution < -0.4 is 18.9 Å². The summed E-state index contributed by atoms with van der Waals surface area (Å²) in [7, 11) is 5.96. The molecule has 16 heavy (non-hydrogen) atoms. The predicted octanol–water partition coefficient (Wildman–Crippen LogP) is -2.02. The molecule has 0 aromatic heterocycles. The van der Waals surface area contributed by atoms with E-state index in [1.165, 1.54) is 0 Å². The van der Waals surface area contributed by atoms with Crippen LogP contribution in [-0.2, 0) is 0 Å². The Bertz CT molecular complexity index is 280. The van der Waals surface area contributed by atoms with Gasteiger partial charge in [-0.3, -0.25) is 4.90 Å². The molecule has 0 fully saturated rings. The first-order valence-corrected chi connectivity index (χ1v) is 5.11. The standard InChI is InChI=1S/C12H19N2O.Li/c1-13(2)9-10-14(3)12(15)11-7-5-4-6-8-11;/h4-7,12,15H,9-10H2,1-3H3;/q-1;+1. The van der Waals surface area contributed by atoms with Crippen LogP contribution in [0, 0.1) is 6.07 Å². The monoisotopic (exact) mass is 214 g/mol. The van der Waals surface area contributed by atoms with Crippen LogP contribution in [0.2, 0.25) is 0 Å². The van der Waals surface area contributed by atoms with Crippen molar-refractivity contribution in [2.75, 3.05) is 34.2 Å². The van der Waals surface area contributed by atoms with Gasteiger partial charge >= 0.3 is 18.9 Å². The molecule has 0 amide bonds. The summed E-state index contributed by atoms with van der Waals surface area (Å²) in [5, 5.41) is 9.98. The van der Waals surface area contributed by atoms with E-state index in [0.29, 0.717) is 0 Å². The molecule has 4 heteroatoms. The Balaban J connectivity index is 0.00000225. The van der Waals surface area contributed by atoms with Gasteiger partial charge in [0, 0.05) is 13.1 Å². The zero-order valence-electron chi connectivity index (χ0n) is 10.6. The third-order valence-electron chi connectivity index (χ3n) is 2.33. The second-order valence-corrected chi connectivity index (χ2v) is 3.98. The Kier molecular flexibility index (Phi) is 7.74. The van der Waals surface area contributed by atoms with Gasteiger partial charge in [0.25, 0.3) is 0 Å². The van der Waals surface area contributed by atoms with Crippen molar-refractivity contribution in [1.82, 2.24) is 9.80 Å². The minimum atomic E-state index is -0.564. The maximum Gasteiger partial charge on any atom is 1.00 e. The molecule has 1 aromatic rings. The molecule has 1 atom stereocenters. The number of rotatable bonds is 5. The van der Waals surface area contributed by atoms with Crippen LogP contribution >= 0.6 is 0 Å². The summed E-state index contributed by atoms with van der Waals surface area (Å²) in [5.74, 6) is 0. The Morgan fingerprint density at radius 2 is 1.94 bits per heavy atom. The van der Waals surface area contributed by atoms with Gasteiger partial charge in [-0.2, -0.15) is 30.3 Å². The minimum Gasteiger partial charge on any atom is -0.376 e. The minimum absolute atomic E-state index is 0. The summed E-state index contributed by atoms with van der Waals surface area (Å²) < 4.78 is 0. The number of aliphatic hydroxyl groups excluding tert-OH is 1. The molecule has 84 valence electrons. The van der Waals surface area contributed by atoms with E-state index in [0.717, 1.165) is 18.7 Å². The summed E-state index contributed by atoms with van der Waals surface area (Å²) in [6.07, 6.45) is -0.564. The first-order chi connectivity index (χ1) is 7.11. The number of nitrogens with zero attached hydrogens (tertiary/aromatic N) is 2. The van der Waals surface area contributed by atoms with Crippen molar-refractivity contribution < 1.29 is 24.0 Å². The molecule has 0 aliphatic heterocycles. The van der Waals surface area contributed by atoms with Crippen LogP contribution in [0.4, 0.5) is 0 Å². The van der Waals surface area contributed by atoms with Crippen molar-refractivity contribution in [2.24, 2.45) is 0 Å². The fraction of sp³-hybridized carbons (Fsp3) is 0.500. The molecule has 0 saturated heterocycles. The summed E-state index contributed by atoms with van der Waals surface area (Å²) >= 11 is 0. The van der Waals surface area contributed by atoms with E-state index in [-0.39, 0.29) is 18.9 Å². The fourth-order valence-electron chi connectivity index (χ4n) is 1.29. The number of likely N-dealkylation sites (N-methyl/N-ethyl adjacent to an activating group) is 2. The van der Waals surface area contributed by atoms with Crippen molar-refractivity contribution in [3.8, 4) is 0 Å². The first-order valence-electron chi connectivity index (χ1n) is 5.11. The molecule has 1 aromatic carbocycles. The van der Waals surface area contributed by atoms with Gasteiger partial charge < -0.3 is 10.0 Å². The molecule has 0 spiro atoms. The van der Waals surface area contributed by atoms with Crippen LogP contribution in [0.3, 0.4) is 0 Å². The van der Waals surface area contributed by atoms with Gasteiger partial charge in [-0.05, 0) is 21.1 Å². The summed E-state index contributed by atoms with van der Waals surface area (Å²) in [6, 6.07) is 10.5. The summed E-state index contributed by atoms with van der Waals surface area (Å²) in [4.78, 5) is 4.00. The Labute approximate surface area is 110 Å². The van der Waals surface area contributed by atoms with Crippen LogP contribution in [-0.4, -0.2) is 49.1 Å². The van der Waals surface area contributed by atoms with Gasteiger partial charge in [-0.15, -0.1) is 5.56 Å². The van der Waals surface area contributed by atoms with Gasteiger partial charge in [-0.1, -0.05) is 0 Å². The predicted molar refractivity (Wildman–Crippen MR) is 61.4 cm³/mol. The second kappa shape index (κ2) is 7.89. The van der Waals surface area contributed by atoms with E-state index in [1.807, 2.05) is 50.3 Å². The summed E-state index contributed by atoms with van der Waals surface area (Å²) in [6.45, 7) is 1.76. The number of hydrogen-bond donors (Lipinski definition) is 1. The first kappa shape index (κ1) is 15.7. The molecule has 0 radical (unpaired) electrons. The van der Waals surface area contributed by atoms with Crippen molar-refractivity contribution in [3.05, 3.63) is 35.9 Å². The number of hydrogen-bond acceptors (Lipinski definition) is 3. The molecule has 1 unspecified atom stereocenters. The maximum absolute atomic E-state index is 9.98. The molecule has 1 rings (SSSR count). The Hall–Kier alpha value is -0.303. The van der Waals surface area contributed by atoms with Gasteiger partial charge in [0.1, 0.15) is 6.23 Å². The normalized spacial score (nSPS) is 12.6. The second-order valence-electron chi connectivity index (χ2n) is 3.98. The third-order valence-corrected chi connectivity index (χ3v) is 2.33. The zero-order chi connectivity index (χ0) is 11.3. The zero-order valence-corrected chi connectivity index (χ0v) is 10.6. The SMILES string of the molecule is CN(C)CCN(C)C(O)c1[c-]cccc1.[Li+]. The van der Waals surface area contributed by atoms with Crippen molar-refractivity contribution in [3.63, 3.8) is 0 Å². The molecule has 0 saturated carbocycles. The quantitative estimate of drug-likeness (QED) is 0.348. The fourth-order valence-corrected chi connectivity index (χ4v) is 1.29. The topological polar surface area (TPSA) is 26.7 Å². The van der Waals surface area contributed by atoms with E-state index in [9.17, 15) is 5.11 Å². The van der Waals surface area contributed by atoms with E-state index in [4.69, 9.17) is 0 Å². The average Bonchev–Trinajstić information content (AvgIpc) is 2.26. The van der Waals surface area contributed by atoms with E-state index < -0.39 is 6.23 Å². The van der Waals surface area contributed by atoms with Gasteiger partial charge in [0.2, 0.25) is 0 Å². The molecule has 0 aliphatic rings. The van der Waals surface area contributed by atoms with Crippen LogP contribution in [0.1, 0.15) is 11.8 Å². The van der Waals surface area contributed by atoms with E-state index >= 15 is 0 Å². The van der Waals surface area contributed by atoms with Crippen molar-refractivity contribution >= 4 is 0 Å². The third kappa shape index (κ3) is 5.16. The average molecular weight is 214 g/mol. The smallest absolute Gasteiger partial charge is 0.376 e. The molecule has 0 bridgehead atoms. The van der Waals surface area contributed by atoms with Crippen LogP contribution in [0.15, 0.2) is 24.3 Å². The molecule has 0 aliphatic carbocycles. The number of benzene rings is 1. The van der Waals surface area contributed by atoms with Gasteiger partial charge in [0.15, 0.2) is 0 Å². The summed E-state index contributed by atoms with van der Waals surface area (Å²) in [5.41, 5.74) is 0.818. The van der Waals surface area contributed by atoms with E-state index in [1.54, 1.807) is 0 Å².